The number of nitrogens with zero attached hydrogens (tertiary/aromatic N) is 2. The van der Waals surface area contributed by atoms with Gasteiger partial charge in [0.2, 0.25) is 17.7 Å². The first-order valence-corrected chi connectivity index (χ1v) is 9.55. The Balaban J connectivity index is 1.83. The SMILES string of the molecule is CCN(CC(=O)Nc1ccc(NC(C)=O)cc1)CC(=O)N1CCC[C@H](C)C1. The average molecular weight is 374 g/mol. The highest BCUT2D eigenvalue weighted by Gasteiger charge is 2.23. The number of likely N-dealkylation sites (tertiary alicyclic amines) is 1. The summed E-state index contributed by atoms with van der Waals surface area (Å²) in [7, 11) is 0. The van der Waals surface area contributed by atoms with Crippen LogP contribution >= 0.6 is 0 Å². The number of carbonyl (C=O) groups excluding carboxylic acids is 3. The van der Waals surface area contributed by atoms with Gasteiger partial charge in [0.05, 0.1) is 13.1 Å². The molecule has 7 heteroatoms. The molecular formula is C20H30N4O3. The van der Waals surface area contributed by atoms with Crippen LogP contribution in [0.4, 0.5) is 11.4 Å². The lowest BCUT2D eigenvalue weighted by molar-refractivity contribution is -0.134. The monoisotopic (exact) mass is 374 g/mol. The van der Waals surface area contributed by atoms with Crippen molar-refractivity contribution in [1.82, 2.24) is 9.80 Å². The van der Waals surface area contributed by atoms with E-state index in [1.54, 1.807) is 24.3 Å². The van der Waals surface area contributed by atoms with Crippen LogP contribution < -0.4 is 10.6 Å². The van der Waals surface area contributed by atoms with Crippen molar-refractivity contribution in [2.45, 2.75) is 33.6 Å². The number of anilines is 2. The van der Waals surface area contributed by atoms with E-state index in [9.17, 15) is 14.4 Å². The Hall–Kier alpha value is -2.41. The summed E-state index contributed by atoms with van der Waals surface area (Å²) in [6.07, 6.45) is 2.22. The molecule has 1 aliphatic rings. The first kappa shape index (κ1) is 20.9. The quantitative estimate of drug-likeness (QED) is 0.766. The largest absolute Gasteiger partial charge is 0.341 e. The smallest absolute Gasteiger partial charge is 0.238 e. The third-order valence-electron chi connectivity index (χ3n) is 4.67. The van der Waals surface area contributed by atoms with Gasteiger partial charge in [-0.05, 0) is 49.6 Å². The molecule has 1 aromatic rings. The Morgan fingerprint density at radius 3 is 2.30 bits per heavy atom. The van der Waals surface area contributed by atoms with Gasteiger partial charge in [-0.3, -0.25) is 19.3 Å². The summed E-state index contributed by atoms with van der Waals surface area (Å²) in [6, 6.07) is 6.94. The van der Waals surface area contributed by atoms with Crippen LogP contribution in [0.1, 0.15) is 33.6 Å². The molecule has 2 rings (SSSR count). The average Bonchev–Trinajstić information content (AvgIpc) is 2.62. The zero-order valence-electron chi connectivity index (χ0n) is 16.5. The fraction of sp³-hybridized carbons (Fsp3) is 0.550. The zero-order valence-corrected chi connectivity index (χ0v) is 16.5. The fourth-order valence-corrected chi connectivity index (χ4v) is 3.23. The maximum atomic E-state index is 12.5. The first-order chi connectivity index (χ1) is 12.9. The topological polar surface area (TPSA) is 81.8 Å². The molecule has 1 atom stereocenters. The maximum absolute atomic E-state index is 12.5. The summed E-state index contributed by atoms with van der Waals surface area (Å²) >= 11 is 0. The maximum Gasteiger partial charge on any atom is 0.238 e. The highest BCUT2D eigenvalue weighted by atomic mass is 16.2. The second kappa shape index (κ2) is 10.1. The number of piperidine rings is 1. The van der Waals surface area contributed by atoms with Crippen LogP contribution in [-0.2, 0) is 14.4 Å². The molecule has 3 amide bonds. The van der Waals surface area contributed by atoms with E-state index in [0.29, 0.717) is 23.8 Å². The van der Waals surface area contributed by atoms with E-state index in [1.807, 2.05) is 16.7 Å². The van der Waals surface area contributed by atoms with Gasteiger partial charge in [0.1, 0.15) is 0 Å². The Labute approximate surface area is 161 Å². The van der Waals surface area contributed by atoms with E-state index in [-0.39, 0.29) is 30.8 Å². The third-order valence-corrected chi connectivity index (χ3v) is 4.67. The van der Waals surface area contributed by atoms with Crippen LogP contribution in [0.15, 0.2) is 24.3 Å². The zero-order chi connectivity index (χ0) is 19.8. The summed E-state index contributed by atoms with van der Waals surface area (Å²) in [6.45, 7) is 8.24. The minimum Gasteiger partial charge on any atom is -0.341 e. The number of likely N-dealkylation sites (N-methyl/N-ethyl adjacent to an activating group) is 1. The predicted molar refractivity (Wildman–Crippen MR) is 106 cm³/mol. The van der Waals surface area contributed by atoms with Crippen LogP contribution in [0.25, 0.3) is 0 Å². The van der Waals surface area contributed by atoms with Crippen molar-refractivity contribution in [3.8, 4) is 0 Å². The molecule has 1 fully saturated rings. The van der Waals surface area contributed by atoms with Gasteiger partial charge in [-0.25, -0.2) is 0 Å². The summed E-state index contributed by atoms with van der Waals surface area (Å²) in [5, 5.41) is 5.51. The number of carbonyl (C=O) groups is 3. The molecule has 148 valence electrons. The molecule has 0 saturated carbocycles. The summed E-state index contributed by atoms with van der Waals surface area (Å²) < 4.78 is 0. The van der Waals surface area contributed by atoms with Gasteiger partial charge >= 0.3 is 0 Å². The number of amides is 3. The standard InChI is InChI=1S/C20H30N4O3/c1-4-23(14-20(27)24-11-5-6-15(2)12-24)13-19(26)22-18-9-7-17(8-10-18)21-16(3)25/h7-10,15H,4-6,11-14H2,1-3H3,(H,21,25)(H,22,26)/t15-/m0/s1. The number of rotatable bonds is 7. The Morgan fingerprint density at radius 1 is 1.11 bits per heavy atom. The summed E-state index contributed by atoms with van der Waals surface area (Å²) in [4.78, 5) is 39.6. The Morgan fingerprint density at radius 2 is 1.74 bits per heavy atom. The van der Waals surface area contributed by atoms with Crippen molar-refractivity contribution in [1.29, 1.82) is 0 Å². The highest BCUT2D eigenvalue weighted by molar-refractivity contribution is 5.93. The molecule has 0 bridgehead atoms. The van der Waals surface area contributed by atoms with E-state index in [1.165, 1.54) is 13.3 Å². The molecule has 1 saturated heterocycles. The first-order valence-electron chi connectivity index (χ1n) is 9.55. The molecule has 0 spiro atoms. The number of hydrogen-bond donors (Lipinski definition) is 2. The minimum absolute atomic E-state index is 0.0934. The van der Waals surface area contributed by atoms with E-state index in [0.717, 1.165) is 19.5 Å². The van der Waals surface area contributed by atoms with E-state index in [4.69, 9.17) is 0 Å². The van der Waals surface area contributed by atoms with E-state index < -0.39 is 0 Å². The molecule has 0 radical (unpaired) electrons. The lowest BCUT2D eigenvalue weighted by atomic mass is 10.0. The van der Waals surface area contributed by atoms with E-state index >= 15 is 0 Å². The van der Waals surface area contributed by atoms with Crippen molar-refractivity contribution in [2.24, 2.45) is 5.92 Å². The van der Waals surface area contributed by atoms with Crippen LogP contribution in [0.2, 0.25) is 0 Å². The lowest BCUT2D eigenvalue weighted by Crippen LogP contribution is -2.46. The van der Waals surface area contributed by atoms with Gasteiger partial charge in [0.25, 0.3) is 0 Å². The van der Waals surface area contributed by atoms with Gasteiger partial charge < -0.3 is 15.5 Å². The number of benzene rings is 1. The van der Waals surface area contributed by atoms with Gasteiger partial charge in [-0.2, -0.15) is 0 Å². The Bertz CT molecular complexity index is 660. The molecule has 0 aliphatic carbocycles. The van der Waals surface area contributed by atoms with Gasteiger partial charge in [0, 0.05) is 31.4 Å². The molecule has 1 aliphatic heterocycles. The van der Waals surface area contributed by atoms with Crippen LogP contribution in [0.5, 0.6) is 0 Å². The predicted octanol–water partition coefficient (Wildman–Crippen LogP) is 2.16. The van der Waals surface area contributed by atoms with Crippen LogP contribution in [-0.4, -0.2) is 60.2 Å². The third kappa shape index (κ3) is 7.02. The summed E-state index contributed by atoms with van der Waals surface area (Å²) in [5.74, 6) is 0.333. The van der Waals surface area contributed by atoms with Crippen molar-refractivity contribution in [3.63, 3.8) is 0 Å². The molecular weight excluding hydrogens is 344 g/mol. The number of hydrogen-bond acceptors (Lipinski definition) is 4. The van der Waals surface area contributed by atoms with Crippen molar-refractivity contribution >= 4 is 29.1 Å². The molecule has 2 N–H and O–H groups in total. The second-order valence-electron chi connectivity index (χ2n) is 7.20. The summed E-state index contributed by atoms with van der Waals surface area (Å²) in [5.41, 5.74) is 1.33. The highest BCUT2D eigenvalue weighted by Crippen LogP contribution is 2.16. The molecule has 27 heavy (non-hydrogen) atoms. The normalized spacial score (nSPS) is 16.9. The molecule has 0 unspecified atom stereocenters. The lowest BCUT2D eigenvalue weighted by Gasteiger charge is -2.32. The van der Waals surface area contributed by atoms with Crippen molar-refractivity contribution < 1.29 is 14.4 Å². The molecule has 7 nitrogen and oxygen atoms in total. The van der Waals surface area contributed by atoms with Crippen molar-refractivity contribution in [3.05, 3.63) is 24.3 Å². The van der Waals surface area contributed by atoms with Gasteiger partial charge in [0.15, 0.2) is 0 Å². The van der Waals surface area contributed by atoms with Gasteiger partial charge in [-0.1, -0.05) is 13.8 Å². The molecule has 0 aromatic heterocycles. The van der Waals surface area contributed by atoms with Crippen molar-refractivity contribution in [2.75, 3.05) is 43.4 Å². The Kier molecular flexibility index (Phi) is 7.79. The fourth-order valence-electron chi connectivity index (χ4n) is 3.23. The minimum atomic E-state index is -0.163. The molecule has 1 heterocycles. The second-order valence-corrected chi connectivity index (χ2v) is 7.20. The van der Waals surface area contributed by atoms with E-state index in [2.05, 4.69) is 17.6 Å². The van der Waals surface area contributed by atoms with Crippen LogP contribution in [0, 0.1) is 5.92 Å². The van der Waals surface area contributed by atoms with Gasteiger partial charge in [-0.15, -0.1) is 0 Å². The molecule has 1 aromatic carbocycles. The number of nitrogens with one attached hydrogen (secondary N) is 2. The van der Waals surface area contributed by atoms with Crippen LogP contribution in [0.3, 0.4) is 0 Å².